The van der Waals surface area contributed by atoms with E-state index in [0.717, 1.165) is 22.3 Å². The fraction of sp³-hybridized carbons (Fsp3) is 0. The minimum Gasteiger partial charge on any atom is -0.399 e. The second-order valence-corrected chi connectivity index (χ2v) is 4.30. The van der Waals surface area contributed by atoms with E-state index < -0.39 is 0 Å². The average Bonchev–Trinajstić information content (AvgIpc) is 2.74. The Morgan fingerprint density at radius 2 is 1.78 bits per heavy atom. The van der Waals surface area contributed by atoms with Crippen LogP contribution in [0.4, 0.5) is 11.6 Å². The maximum atomic E-state index is 6.02. The van der Waals surface area contributed by atoms with Crippen LogP contribution in [-0.2, 0) is 0 Å². The van der Waals surface area contributed by atoms with E-state index in [2.05, 4.69) is 15.0 Å². The molecule has 0 fully saturated rings. The van der Waals surface area contributed by atoms with Gasteiger partial charge in [0.15, 0.2) is 0 Å². The molecule has 2 aromatic heterocycles. The zero-order valence-electron chi connectivity index (χ0n) is 9.31. The molecule has 90 valence electrons. The smallest absolute Gasteiger partial charge is 0.223 e. The highest BCUT2D eigenvalue weighted by Crippen LogP contribution is 2.27. The first-order valence-corrected chi connectivity index (χ1v) is 5.69. The fourth-order valence-corrected chi connectivity index (χ4v) is 2.04. The molecule has 0 amide bonds. The minimum absolute atomic E-state index is 0.151. The van der Waals surface area contributed by atoms with Crippen molar-refractivity contribution < 1.29 is 0 Å². The molecule has 1 aromatic carbocycles. The summed E-state index contributed by atoms with van der Waals surface area (Å²) in [6.45, 7) is 0. The number of hydrogen-bond acceptors (Lipinski definition) is 4. The molecule has 0 aliphatic carbocycles. The van der Waals surface area contributed by atoms with Crippen LogP contribution in [0, 0.1) is 0 Å². The predicted molar refractivity (Wildman–Crippen MR) is 73.2 cm³/mol. The van der Waals surface area contributed by atoms with Crippen LogP contribution in [0.25, 0.3) is 22.3 Å². The summed E-state index contributed by atoms with van der Waals surface area (Å²) in [7, 11) is 0. The van der Waals surface area contributed by atoms with Crippen LogP contribution < -0.4 is 11.5 Å². The van der Waals surface area contributed by atoms with Crippen molar-refractivity contribution in [2.24, 2.45) is 0 Å². The Bertz CT molecular complexity index is 717. The average molecular weight is 260 g/mol. The summed E-state index contributed by atoms with van der Waals surface area (Å²) < 4.78 is 0. The number of hydrogen-bond donors (Lipinski definition) is 3. The first-order valence-electron chi connectivity index (χ1n) is 5.31. The van der Waals surface area contributed by atoms with E-state index in [-0.39, 0.29) is 5.95 Å². The Kier molecular flexibility index (Phi) is 2.34. The van der Waals surface area contributed by atoms with Gasteiger partial charge in [0, 0.05) is 11.4 Å². The van der Waals surface area contributed by atoms with Gasteiger partial charge in [-0.25, -0.2) is 4.98 Å². The van der Waals surface area contributed by atoms with Gasteiger partial charge in [0.2, 0.25) is 5.95 Å². The molecule has 5 N–H and O–H groups in total. The Hall–Kier alpha value is -2.27. The molecule has 6 heteroatoms. The number of nitrogens with one attached hydrogen (secondary N) is 1. The molecule has 0 bridgehead atoms. The summed E-state index contributed by atoms with van der Waals surface area (Å²) >= 11 is 6.02. The van der Waals surface area contributed by atoms with Crippen molar-refractivity contribution in [2.45, 2.75) is 0 Å². The molecule has 0 saturated heterocycles. The maximum Gasteiger partial charge on any atom is 0.223 e. The third kappa shape index (κ3) is 1.74. The van der Waals surface area contributed by atoms with Crippen LogP contribution in [0.15, 0.2) is 30.3 Å². The topological polar surface area (TPSA) is 93.6 Å². The second kappa shape index (κ2) is 3.89. The molecule has 0 aliphatic rings. The lowest BCUT2D eigenvalue weighted by atomic mass is 10.1. The molecule has 0 atom stereocenters. The highest BCUT2D eigenvalue weighted by molar-refractivity contribution is 6.34. The summed E-state index contributed by atoms with van der Waals surface area (Å²) in [6, 6.07) is 9.41. The highest BCUT2D eigenvalue weighted by Gasteiger charge is 2.09. The van der Waals surface area contributed by atoms with Gasteiger partial charge in [0.25, 0.3) is 0 Å². The van der Waals surface area contributed by atoms with Gasteiger partial charge in [-0.15, -0.1) is 0 Å². The van der Waals surface area contributed by atoms with Gasteiger partial charge in [-0.05, 0) is 23.8 Å². The van der Waals surface area contributed by atoms with E-state index >= 15 is 0 Å². The SMILES string of the molecule is Nc1ccc(-c2cc3c(Cl)nc(N)nc3[nH]2)cc1. The quantitative estimate of drug-likeness (QED) is 0.462. The number of aromatic amines is 1. The van der Waals surface area contributed by atoms with Crippen LogP contribution in [0.2, 0.25) is 5.15 Å². The number of nitrogen functional groups attached to an aromatic ring is 2. The predicted octanol–water partition coefficient (Wildman–Crippen LogP) is 2.44. The van der Waals surface area contributed by atoms with E-state index in [9.17, 15) is 0 Å². The first-order chi connectivity index (χ1) is 8.63. The van der Waals surface area contributed by atoms with Gasteiger partial charge in [0.05, 0.1) is 5.39 Å². The number of nitrogens with two attached hydrogens (primary N) is 2. The standard InChI is InChI=1S/C12H10ClN5/c13-10-8-5-9(6-1-3-7(14)4-2-6)16-11(8)18-12(15)17-10/h1-5H,14H2,(H3,15,16,17,18). The molecular formula is C12H10ClN5. The highest BCUT2D eigenvalue weighted by atomic mass is 35.5. The Labute approximate surface area is 108 Å². The van der Waals surface area contributed by atoms with Crippen LogP contribution >= 0.6 is 11.6 Å². The van der Waals surface area contributed by atoms with Gasteiger partial charge in [-0.2, -0.15) is 4.98 Å². The Balaban J connectivity index is 2.19. The summed E-state index contributed by atoms with van der Waals surface area (Å²) in [5, 5.41) is 1.09. The molecule has 0 aliphatic heterocycles. The zero-order chi connectivity index (χ0) is 12.7. The van der Waals surface area contributed by atoms with E-state index in [4.69, 9.17) is 23.1 Å². The Morgan fingerprint density at radius 1 is 1.06 bits per heavy atom. The van der Waals surface area contributed by atoms with Gasteiger partial charge >= 0.3 is 0 Å². The van der Waals surface area contributed by atoms with Crippen LogP contribution in [-0.4, -0.2) is 15.0 Å². The van der Waals surface area contributed by atoms with E-state index in [0.29, 0.717) is 10.8 Å². The normalized spacial score (nSPS) is 10.9. The summed E-state index contributed by atoms with van der Waals surface area (Å²) in [5.41, 5.74) is 14.4. The number of fused-ring (bicyclic) bond motifs is 1. The van der Waals surface area contributed by atoms with Crippen LogP contribution in [0.5, 0.6) is 0 Å². The summed E-state index contributed by atoms with van der Waals surface area (Å²) in [4.78, 5) is 11.2. The van der Waals surface area contributed by atoms with Crippen molar-refractivity contribution in [1.82, 2.24) is 15.0 Å². The second-order valence-electron chi connectivity index (χ2n) is 3.94. The molecule has 0 spiro atoms. The van der Waals surface area contributed by atoms with E-state index in [1.807, 2.05) is 30.3 Å². The van der Waals surface area contributed by atoms with Crippen LogP contribution in [0.3, 0.4) is 0 Å². The third-order valence-corrected chi connectivity index (χ3v) is 2.97. The van der Waals surface area contributed by atoms with Gasteiger partial charge < -0.3 is 16.5 Å². The van der Waals surface area contributed by atoms with Gasteiger partial charge in [-0.1, -0.05) is 23.7 Å². The zero-order valence-corrected chi connectivity index (χ0v) is 10.1. The first kappa shape index (κ1) is 10.9. The molecule has 18 heavy (non-hydrogen) atoms. The minimum atomic E-state index is 0.151. The number of rotatable bonds is 1. The summed E-state index contributed by atoms with van der Waals surface area (Å²) in [6.07, 6.45) is 0. The third-order valence-electron chi connectivity index (χ3n) is 2.68. The molecule has 2 heterocycles. The summed E-state index contributed by atoms with van der Waals surface area (Å²) in [5.74, 6) is 0.151. The lowest BCUT2D eigenvalue weighted by Crippen LogP contribution is -1.94. The van der Waals surface area contributed by atoms with Crippen molar-refractivity contribution in [3.8, 4) is 11.3 Å². The number of benzene rings is 1. The molecule has 3 rings (SSSR count). The number of aromatic nitrogens is 3. The van der Waals surface area contributed by atoms with Gasteiger partial charge in [-0.3, -0.25) is 0 Å². The fourth-order valence-electron chi connectivity index (χ4n) is 1.81. The Morgan fingerprint density at radius 3 is 2.50 bits per heavy atom. The monoisotopic (exact) mass is 259 g/mol. The van der Waals surface area contributed by atoms with Crippen molar-refractivity contribution in [3.05, 3.63) is 35.5 Å². The van der Waals surface area contributed by atoms with E-state index in [1.165, 1.54) is 0 Å². The number of nitrogens with zero attached hydrogens (tertiary/aromatic N) is 2. The molecule has 0 unspecified atom stereocenters. The molecule has 3 aromatic rings. The lowest BCUT2D eigenvalue weighted by molar-refractivity contribution is 1.22. The molecule has 0 radical (unpaired) electrons. The van der Waals surface area contributed by atoms with Crippen molar-refractivity contribution in [2.75, 3.05) is 11.5 Å². The number of H-pyrrole nitrogens is 1. The van der Waals surface area contributed by atoms with Crippen molar-refractivity contribution in [3.63, 3.8) is 0 Å². The number of halogens is 1. The lowest BCUT2D eigenvalue weighted by Gasteiger charge is -1.97. The maximum absolute atomic E-state index is 6.02. The molecular weight excluding hydrogens is 250 g/mol. The number of anilines is 2. The van der Waals surface area contributed by atoms with Crippen molar-refractivity contribution in [1.29, 1.82) is 0 Å². The van der Waals surface area contributed by atoms with Crippen LogP contribution in [0.1, 0.15) is 0 Å². The molecule has 0 saturated carbocycles. The largest absolute Gasteiger partial charge is 0.399 e. The van der Waals surface area contributed by atoms with Crippen molar-refractivity contribution >= 4 is 34.3 Å². The van der Waals surface area contributed by atoms with E-state index in [1.54, 1.807) is 0 Å². The molecule has 5 nitrogen and oxygen atoms in total. The van der Waals surface area contributed by atoms with Gasteiger partial charge in [0.1, 0.15) is 10.8 Å².